The number of methoxy groups -OCH3 is 1. The lowest BCUT2D eigenvalue weighted by Gasteiger charge is -2.22. The molecule has 0 radical (unpaired) electrons. The fourth-order valence-electron chi connectivity index (χ4n) is 1.26. The standard InChI is InChI=1S/C13H17FO3/c1-13(2,3)9-7-10(14)8(6-12(15)16)5-11(9)17-4/h5,7H,6H2,1-4H3,(H,15,16)/i1D3,2D3,3D3,5D. The summed E-state index contributed by atoms with van der Waals surface area (Å²) in [6, 6.07) is -0.614. The number of carboxylic acids is 1. The average Bonchev–Trinajstić information content (AvgIpc) is 2.39. The summed E-state index contributed by atoms with van der Waals surface area (Å²) in [6.45, 7) is -11.0. The Hall–Kier alpha value is -1.58. The lowest BCUT2D eigenvalue weighted by molar-refractivity contribution is -0.136. The molecular weight excluding hydrogens is 223 g/mol. The molecule has 0 amide bonds. The zero-order chi connectivity index (χ0) is 21.6. The molecule has 4 heteroatoms. The minimum Gasteiger partial charge on any atom is -0.496 e. The summed E-state index contributed by atoms with van der Waals surface area (Å²) < 4.78 is 96.1. The van der Waals surface area contributed by atoms with Gasteiger partial charge in [-0.25, -0.2) is 4.39 Å². The third kappa shape index (κ3) is 3.19. The second kappa shape index (κ2) is 4.73. The summed E-state index contributed by atoms with van der Waals surface area (Å²) in [5.41, 5.74) is -5.34. The molecule has 0 fully saturated rings. The van der Waals surface area contributed by atoms with Crippen LogP contribution in [-0.2, 0) is 16.6 Å². The highest BCUT2D eigenvalue weighted by molar-refractivity contribution is 5.70. The second-order valence-electron chi connectivity index (χ2n) is 3.36. The van der Waals surface area contributed by atoms with Gasteiger partial charge in [0.15, 0.2) is 0 Å². The van der Waals surface area contributed by atoms with E-state index in [-0.39, 0.29) is 0 Å². The summed E-state index contributed by atoms with van der Waals surface area (Å²) in [5.74, 6) is -3.75. The smallest absolute Gasteiger partial charge is 0.307 e. The first-order valence-corrected chi connectivity index (χ1v) is 4.51. The maximum Gasteiger partial charge on any atom is 0.307 e. The van der Waals surface area contributed by atoms with Gasteiger partial charge in [-0.05, 0) is 17.5 Å². The molecule has 0 heterocycles. The molecule has 0 saturated carbocycles. The van der Waals surface area contributed by atoms with Crippen LogP contribution in [0.5, 0.6) is 5.75 Å². The van der Waals surface area contributed by atoms with Gasteiger partial charge in [-0.3, -0.25) is 4.79 Å². The summed E-state index contributed by atoms with van der Waals surface area (Å²) >= 11 is 0. The number of rotatable bonds is 3. The van der Waals surface area contributed by atoms with Gasteiger partial charge in [-0.2, -0.15) is 0 Å². The number of hydrogen-bond donors (Lipinski definition) is 1. The van der Waals surface area contributed by atoms with Crippen LogP contribution in [0.4, 0.5) is 4.39 Å². The van der Waals surface area contributed by atoms with Gasteiger partial charge in [0.25, 0.3) is 0 Å². The largest absolute Gasteiger partial charge is 0.496 e. The Morgan fingerprint density at radius 2 is 2.29 bits per heavy atom. The number of benzene rings is 1. The molecule has 17 heavy (non-hydrogen) atoms. The van der Waals surface area contributed by atoms with E-state index in [0.29, 0.717) is 6.07 Å². The highest BCUT2D eigenvalue weighted by Crippen LogP contribution is 2.33. The highest BCUT2D eigenvalue weighted by atomic mass is 19.1. The lowest BCUT2D eigenvalue weighted by atomic mass is 9.85. The Morgan fingerprint density at radius 3 is 2.76 bits per heavy atom. The Kier molecular flexibility index (Phi) is 1.38. The second-order valence-corrected chi connectivity index (χ2v) is 3.36. The molecule has 0 aliphatic rings. The summed E-state index contributed by atoms with van der Waals surface area (Å²) in [5, 5.41) is 8.84. The molecule has 94 valence electrons. The third-order valence-corrected chi connectivity index (χ3v) is 2.00. The van der Waals surface area contributed by atoms with E-state index in [1.807, 2.05) is 0 Å². The molecule has 0 unspecified atom stereocenters. The van der Waals surface area contributed by atoms with E-state index < -0.39 is 67.1 Å². The van der Waals surface area contributed by atoms with E-state index in [1.54, 1.807) is 0 Å². The van der Waals surface area contributed by atoms with Gasteiger partial charge < -0.3 is 9.84 Å². The van der Waals surface area contributed by atoms with Crippen LogP contribution < -0.4 is 4.74 Å². The quantitative estimate of drug-likeness (QED) is 0.897. The lowest BCUT2D eigenvalue weighted by Crippen LogP contribution is -2.14. The Labute approximate surface area is 114 Å². The predicted octanol–water partition coefficient (Wildman–Crippen LogP) is 2.76. The van der Waals surface area contributed by atoms with Gasteiger partial charge >= 0.3 is 5.97 Å². The molecule has 0 bridgehead atoms. The van der Waals surface area contributed by atoms with Crippen molar-refractivity contribution in [3.63, 3.8) is 0 Å². The van der Waals surface area contributed by atoms with Crippen molar-refractivity contribution in [3.8, 4) is 5.75 Å². The van der Waals surface area contributed by atoms with Gasteiger partial charge in [0, 0.05) is 23.5 Å². The molecule has 1 aromatic rings. The monoisotopic (exact) mass is 250 g/mol. The fourth-order valence-corrected chi connectivity index (χ4v) is 1.26. The molecule has 0 aliphatic carbocycles. The minimum atomic E-state index is -3.68. The van der Waals surface area contributed by atoms with Crippen molar-refractivity contribution < 1.29 is 32.7 Å². The van der Waals surface area contributed by atoms with E-state index in [1.165, 1.54) is 0 Å². The van der Waals surface area contributed by atoms with Crippen LogP contribution in [0, 0.1) is 5.82 Å². The van der Waals surface area contributed by atoms with Crippen LogP contribution in [0.3, 0.4) is 0 Å². The van der Waals surface area contributed by atoms with E-state index in [4.69, 9.17) is 23.6 Å². The zero-order valence-corrected chi connectivity index (χ0v) is 8.93. The number of hydrogen-bond acceptors (Lipinski definition) is 2. The van der Waals surface area contributed by atoms with E-state index in [9.17, 15) is 9.18 Å². The van der Waals surface area contributed by atoms with Crippen LogP contribution >= 0.6 is 0 Å². The first kappa shape index (κ1) is 4.96. The van der Waals surface area contributed by atoms with Crippen molar-refractivity contribution in [1.82, 2.24) is 0 Å². The fraction of sp³-hybridized carbons (Fsp3) is 0.462. The van der Waals surface area contributed by atoms with E-state index in [2.05, 4.69) is 0 Å². The molecule has 3 nitrogen and oxygen atoms in total. The zero-order valence-electron chi connectivity index (χ0n) is 18.9. The number of carbonyl (C=O) groups is 1. The van der Waals surface area contributed by atoms with Crippen molar-refractivity contribution >= 4 is 5.97 Å². The Bertz CT molecular complexity index is 700. The first-order valence-electron chi connectivity index (χ1n) is 9.51. The molecule has 1 N–H and O–H groups in total. The molecule has 0 spiro atoms. The number of carboxylic acid groups (broad SMARTS) is 1. The predicted molar refractivity (Wildman–Crippen MR) is 63.0 cm³/mol. The first-order chi connectivity index (χ1) is 11.9. The van der Waals surface area contributed by atoms with E-state index in [0.717, 1.165) is 7.11 Å². The van der Waals surface area contributed by atoms with E-state index >= 15 is 0 Å². The highest BCUT2D eigenvalue weighted by Gasteiger charge is 2.22. The van der Waals surface area contributed by atoms with Crippen molar-refractivity contribution in [2.45, 2.75) is 32.4 Å². The summed E-state index contributed by atoms with van der Waals surface area (Å²) in [7, 11) is 0.905. The van der Waals surface area contributed by atoms with Gasteiger partial charge in [0.2, 0.25) is 0 Å². The van der Waals surface area contributed by atoms with Crippen molar-refractivity contribution in [3.05, 3.63) is 29.1 Å². The van der Waals surface area contributed by atoms with Gasteiger partial charge in [-0.1, -0.05) is 20.6 Å². The van der Waals surface area contributed by atoms with Crippen molar-refractivity contribution in [2.75, 3.05) is 7.11 Å². The van der Waals surface area contributed by atoms with Gasteiger partial charge in [0.05, 0.1) is 14.9 Å². The minimum absolute atomic E-state index is 0.320. The number of halogens is 1. The van der Waals surface area contributed by atoms with Crippen molar-refractivity contribution in [1.29, 1.82) is 0 Å². The van der Waals surface area contributed by atoms with Crippen LogP contribution in [0.2, 0.25) is 0 Å². The molecular formula is C13H17FO3. The van der Waals surface area contributed by atoms with Crippen LogP contribution in [0.15, 0.2) is 12.1 Å². The topological polar surface area (TPSA) is 46.5 Å². The average molecular weight is 250 g/mol. The molecule has 0 saturated heterocycles. The summed E-state index contributed by atoms with van der Waals surface area (Å²) in [4.78, 5) is 10.9. The number of ether oxygens (including phenoxy) is 1. The number of aliphatic carboxylic acids is 1. The maximum absolute atomic E-state index is 14.5. The van der Waals surface area contributed by atoms with Crippen LogP contribution in [-0.4, -0.2) is 18.2 Å². The van der Waals surface area contributed by atoms with Crippen LogP contribution in [0.25, 0.3) is 0 Å². The summed E-state index contributed by atoms with van der Waals surface area (Å²) in [6.07, 6.45) is -0.969. The Balaban J connectivity index is 4.15. The van der Waals surface area contributed by atoms with Gasteiger partial charge in [0.1, 0.15) is 11.6 Å². The molecule has 0 aliphatic heterocycles. The maximum atomic E-state index is 14.5. The van der Waals surface area contributed by atoms with Crippen LogP contribution in [0.1, 0.15) is 45.4 Å². The Morgan fingerprint density at radius 1 is 1.65 bits per heavy atom. The molecule has 1 aromatic carbocycles. The molecule has 0 aromatic heterocycles. The third-order valence-electron chi connectivity index (χ3n) is 2.00. The normalized spacial score (nSPS) is 22.2. The van der Waals surface area contributed by atoms with Crippen molar-refractivity contribution in [2.24, 2.45) is 0 Å². The van der Waals surface area contributed by atoms with Gasteiger partial charge in [-0.15, -0.1) is 0 Å². The molecule has 1 rings (SSSR count). The molecule has 0 atom stereocenters. The SMILES string of the molecule is [2H]c1c(CC(=O)O)c(F)cc(C(C([2H])([2H])[2H])(C([2H])([2H])[2H])C([2H])([2H])[2H])c1OC.